The van der Waals surface area contributed by atoms with E-state index in [4.69, 9.17) is 0 Å². The second kappa shape index (κ2) is 12.9. The molecule has 1 aliphatic rings. The number of amides is 1. The Morgan fingerprint density at radius 3 is 2.72 bits per heavy atom. The highest BCUT2D eigenvalue weighted by atomic mass is 127. The van der Waals surface area contributed by atoms with Gasteiger partial charge in [-0.05, 0) is 31.9 Å². The van der Waals surface area contributed by atoms with E-state index >= 15 is 0 Å². The molecule has 0 bridgehead atoms. The Balaban J connectivity index is 0.00000312. The van der Waals surface area contributed by atoms with Gasteiger partial charge in [0.15, 0.2) is 5.96 Å². The van der Waals surface area contributed by atoms with Crippen LogP contribution in [0, 0.1) is 0 Å². The van der Waals surface area contributed by atoms with E-state index in [9.17, 15) is 4.79 Å². The van der Waals surface area contributed by atoms with Crippen LogP contribution in [0.25, 0.3) is 0 Å². The first-order valence-electron chi connectivity index (χ1n) is 8.99. The summed E-state index contributed by atoms with van der Waals surface area (Å²) < 4.78 is 0. The van der Waals surface area contributed by atoms with E-state index in [2.05, 4.69) is 25.9 Å². The molecule has 0 aromatic carbocycles. The maximum Gasteiger partial charge on any atom is 0.221 e. The number of aromatic nitrogens is 1. The summed E-state index contributed by atoms with van der Waals surface area (Å²) in [4.78, 5) is 20.8. The summed E-state index contributed by atoms with van der Waals surface area (Å²) in [6.07, 6.45) is 8.22. The fourth-order valence-corrected chi connectivity index (χ4v) is 2.83. The Bertz CT molecular complexity index is 517. The van der Waals surface area contributed by atoms with Gasteiger partial charge in [0.1, 0.15) is 0 Å². The number of halogens is 1. The number of nitrogens with zero attached hydrogens (tertiary/aromatic N) is 2. The first-order valence-corrected chi connectivity index (χ1v) is 8.99. The molecule has 1 fully saturated rings. The summed E-state index contributed by atoms with van der Waals surface area (Å²) in [7, 11) is 0. The van der Waals surface area contributed by atoms with Gasteiger partial charge in [0.05, 0.1) is 12.2 Å². The van der Waals surface area contributed by atoms with Gasteiger partial charge < -0.3 is 16.0 Å². The number of carbonyl (C=O) groups excluding carboxylic acids is 1. The summed E-state index contributed by atoms with van der Waals surface area (Å²) in [5, 5.41) is 9.53. The minimum absolute atomic E-state index is 0. The Morgan fingerprint density at radius 1 is 1.24 bits per heavy atom. The molecule has 0 radical (unpaired) electrons. The summed E-state index contributed by atoms with van der Waals surface area (Å²) in [6, 6.07) is 6.16. The molecule has 7 heteroatoms. The molecule has 1 aromatic heterocycles. The first kappa shape index (κ1) is 21.7. The fraction of sp³-hybridized carbons (Fsp3) is 0.611. The van der Waals surface area contributed by atoms with Crippen LogP contribution in [0.3, 0.4) is 0 Å². The van der Waals surface area contributed by atoms with Crippen LogP contribution in [0.2, 0.25) is 0 Å². The van der Waals surface area contributed by atoms with Crippen molar-refractivity contribution in [3.05, 3.63) is 30.1 Å². The molecular weight excluding hydrogens is 429 g/mol. The molecule has 6 nitrogen and oxygen atoms in total. The van der Waals surface area contributed by atoms with E-state index in [-0.39, 0.29) is 29.9 Å². The van der Waals surface area contributed by atoms with Crippen molar-refractivity contribution in [2.75, 3.05) is 13.1 Å². The monoisotopic (exact) mass is 459 g/mol. The van der Waals surface area contributed by atoms with E-state index in [1.807, 2.05) is 25.1 Å². The standard InChI is InChI=1S/C18H29N5O.HI/c1-2-19-18(22-14-16-10-6-7-12-20-16)21-13-11-17(24)23-15-8-4-3-5-9-15;/h6-7,10,12,15H,2-5,8-9,11,13-14H2,1H3,(H,23,24)(H2,19,21,22);1H. The van der Waals surface area contributed by atoms with Crippen LogP contribution in [0.1, 0.15) is 51.1 Å². The molecule has 25 heavy (non-hydrogen) atoms. The average Bonchev–Trinajstić information content (AvgIpc) is 2.61. The summed E-state index contributed by atoms with van der Waals surface area (Å²) >= 11 is 0. The second-order valence-corrected chi connectivity index (χ2v) is 6.10. The van der Waals surface area contributed by atoms with Crippen molar-refractivity contribution in [2.45, 2.75) is 58.0 Å². The van der Waals surface area contributed by atoms with Crippen LogP contribution in [-0.4, -0.2) is 36.0 Å². The number of rotatable bonds is 7. The molecule has 0 saturated heterocycles. The largest absolute Gasteiger partial charge is 0.357 e. The number of guanidine groups is 1. The van der Waals surface area contributed by atoms with Crippen molar-refractivity contribution in [1.82, 2.24) is 20.9 Å². The van der Waals surface area contributed by atoms with E-state index in [0.717, 1.165) is 25.1 Å². The third-order valence-electron chi connectivity index (χ3n) is 4.08. The smallest absolute Gasteiger partial charge is 0.221 e. The van der Waals surface area contributed by atoms with Crippen LogP contribution in [0.5, 0.6) is 0 Å². The Hall–Kier alpha value is -1.38. The third kappa shape index (κ3) is 9.04. The molecule has 3 N–H and O–H groups in total. The van der Waals surface area contributed by atoms with Crippen molar-refractivity contribution in [1.29, 1.82) is 0 Å². The molecule has 1 saturated carbocycles. The van der Waals surface area contributed by atoms with E-state index < -0.39 is 0 Å². The van der Waals surface area contributed by atoms with Gasteiger partial charge in [-0.25, -0.2) is 4.99 Å². The van der Waals surface area contributed by atoms with Gasteiger partial charge in [0.25, 0.3) is 0 Å². The van der Waals surface area contributed by atoms with Gasteiger partial charge >= 0.3 is 0 Å². The second-order valence-electron chi connectivity index (χ2n) is 6.10. The molecule has 140 valence electrons. The molecule has 1 aliphatic carbocycles. The predicted molar refractivity (Wildman–Crippen MR) is 112 cm³/mol. The van der Waals surface area contributed by atoms with Crippen molar-refractivity contribution < 1.29 is 4.79 Å². The number of carbonyl (C=O) groups is 1. The average molecular weight is 459 g/mol. The molecule has 1 aromatic rings. The number of aliphatic imine (C=N–C) groups is 1. The van der Waals surface area contributed by atoms with Crippen molar-refractivity contribution in [3.8, 4) is 0 Å². The highest BCUT2D eigenvalue weighted by molar-refractivity contribution is 14.0. The van der Waals surface area contributed by atoms with Gasteiger partial charge in [0.2, 0.25) is 5.91 Å². The van der Waals surface area contributed by atoms with Crippen molar-refractivity contribution >= 4 is 35.8 Å². The quantitative estimate of drug-likeness (QED) is 0.333. The Kier molecular flexibility index (Phi) is 11.2. The maximum absolute atomic E-state index is 12.0. The lowest BCUT2D eigenvalue weighted by atomic mass is 9.95. The molecule has 0 unspecified atom stereocenters. The van der Waals surface area contributed by atoms with Crippen molar-refractivity contribution in [3.63, 3.8) is 0 Å². The molecular formula is C18H30IN5O. The van der Waals surface area contributed by atoms with Crippen LogP contribution >= 0.6 is 24.0 Å². The molecule has 0 atom stereocenters. The minimum atomic E-state index is 0. The molecule has 1 amide bonds. The van der Waals surface area contributed by atoms with Crippen molar-refractivity contribution in [2.24, 2.45) is 4.99 Å². The predicted octanol–water partition coefficient (Wildman–Crippen LogP) is 2.59. The SMILES string of the molecule is CCNC(=NCc1ccccn1)NCCC(=O)NC1CCCCC1.I. The summed E-state index contributed by atoms with van der Waals surface area (Å²) in [5.41, 5.74) is 0.921. The number of pyridine rings is 1. The van der Waals surface area contributed by atoms with Gasteiger partial charge in [-0.3, -0.25) is 9.78 Å². The zero-order valence-corrected chi connectivity index (χ0v) is 17.3. The lowest BCUT2D eigenvalue weighted by molar-refractivity contribution is -0.121. The van der Waals surface area contributed by atoms with Crippen LogP contribution in [0.4, 0.5) is 0 Å². The summed E-state index contributed by atoms with van der Waals surface area (Å²) in [6.45, 7) is 3.90. The fourth-order valence-electron chi connectivity index (χ4n) is 2.83. The highest BCUT2D eigenvalue weighted by Crippen LogP contribution is 2.17. The summed E-state index contributed by atoms with van der Waals surface area (Å²) in [5.74, 6) is 0.837. The molecule has 0 spiro atoms. The lowest BCUT2D eigenvalue weighted by Crippen LogP contribution is -2.41. The van der Waals surface area contributed by atoms with Gasteiger partial charge in [-0.1, -0.05) is 25.3 Å². The van der Waals surface area contributed by atoms with E-state index in [1.165, 1.54) is 19.3 Å². The van der Waals surface area contributed by atoms with E-state index in [1.54, 1.807) is 6.20 Å². The normalized spacial score (nSPS) is 15.2. The zero-order valence-electron chi connectivity index (χ0n) is 15.0. The highest BCUT2D eigenvalue weighted by Gasteiger charge is 2.15. The number of hydrogen-bond donors (Lipinski definition) is 3. The Labute approximate surface area is 167 Å². The first-order chi connectivity index (χ1) is 11.8. The molecule has 1 heterocycles. The van der Waals surface area contributed by atoms with Crippen LogP contribution in [-0.2, 0) is 11.3 Å². The van der Waals surface area contributed by atoms with Crippen LogP contribution in [0.15, 0.2) is 29.4 Å². The third-order valence-corrected chi connectivity index (χ3v) is 4.08. The van der Waals surface area contributed by atoms with Gasteiger partial charge in [0, 0.05) is 31.7 Å². The molecule has 0 aliphatic heterocycles. The van der Waals surface area contributed by atoms with Gasteiger partial charge in [-0.15, -0.1) is 24.0 Å². The maximum atomic E-state index is 12.0. The number of nitrogens with one attached hydrogen (secondary N) is 3. The molecule has 2 rings (SSSR count). The van der Waals surface area contributed by atoms with E-state index in [0.29, 0.717) is 31.5 Å². The number of hydrogen-bond acceptors (Lipinski definition) is 3. The Morgan fingerprint density at radius 2 is 2.04 bits per heavy atom. The minimum Gasteiger partial charge on any atom is -0.357 e. The van der Waals surface area contributed by atoms with Crippen LogP contribution < -0.4 is 16.0 Å². The topological polar surface area (TPSA) is 78.4 Å². The zero-order chi connectivity index (χ0) is 17.0. The van der Waals surface area contributed by atoms with Gasteiger partial charge in [-0.2, -0.15) is 0 Å². The lowest BCUT2D eigenvalue weighted by Gasteiger charge is -2.22.